The van der Waals surface area contributed by atoms with Crippen LogP contribution < -0.4 is 21.5 Å². The lowest BCUT2D eigenvalue weighted by molar-refractivity contribution is -0.115. The van der Waals surface area contributed by atoms with Crippen molar-refractivity contribution in [3.05, 3.63) is 64.7 Å². The van der Waals surface area contributed by atoms with Crippen LogP contribution in [0, 0.1) is 6.92 Å². The van der Waals surface area contributed by atoms with Crippen molar-refractivity contribution in [2.45, 2.75) is 20.8 Å². The van der Waals surface area contributed by atoms with Gasteiger partial charge in [-0.05, 0) is 25.1 Å². The number of nitrogens with zero attached hydrogens (tertiary/aromatic N) is 1. The quantitative estimate of drug-likeness (QED) is 0.443. The number of anilines is 2. The molecule has 3 aromatic rings. The standard InChI is InChI=1S/C22H21N5O4S/c1-12-19(32-22(23-12)15-7-5-4-6-8-15)21(31)27-26-20(30)16-9-17(24-13(2)28)11-18(10-16)25-14(3)29/h4-11H,1-3H3,(H,24,28)(H,25,29)(H,26,30)(H,27,31). The van der Waals surface area contributed by atoms with E-state index in [4.69, 9.17) is 0 Å². The van der Waals surface area contributed by atoms with E-state index in [0.29, 0.717) is 27.0 Å². The topological polar surface area (TPSA) is 129 Å². The highest BCUT2D eigenvalue weighted by Crippen LogP contribution is 2.27. The van der Waals surface area contributed by atoms with Gasteiger partial charge in [-0.15, -0.1) is 11.3 Å². The van der Waals surface area contributed by atoms with Crippen LogP contribution in [0.1, 0.15) is 39.6 Å². The number of benzene rings is 2. The molecule has 4 amide bonds. The Morgan fingerprint density at radius 2 is 1.38 bits per heavy atom. The Morgan fingerprint density at radius 3 is 1.94 bits per heavy atom. The molecule has 0 spiro atoms. The maximum absolute atomic E-state index is 12.6. The molecule has 0 unspecified atom stereocenters. The number of hydrogen-bond donors (Lipinski definition) is 4. The van der Waals surface area contributed by atoms with Crippen molar-refractivity contribution in [2.24, 2.45) is 0 Å². The van der Waals surface area contributed by atoms with Gasteiger partial charge in [0.15, 0.2) is 0 Å². The minimum Gasteiger partial charge on any atom is -0.326 e. The van der Waals surface area contributed by atoms with Gasteiger partial charge in [-0.3, -0.25) is 30.0 Å². The molecule has 0 saturated heterocycles. The summed E-state index contributed by atoms with van der Waals surface area (Å²) < 4.78 is 0. The zero-order valence-electron chi connectivity index (χ0n) is 17.6. The molecule has 32 heavy (non-hydrogen) atoms. The monoisotopic (exact) mass is 451 g/mol. The van der Waals surface area contributed by atoms with E-state index in [-0.39, 0.29) is 17.4 Å². The first kappa shape index (κ1) is 22.6. The smallest absolute Gasteiger partial charge is 0.281 e. The number of carbonyl (C=O) groups is 4. The third-order valence-electron chi connectivity index (χ3n) is 4.15. The Morgan fingerprint density at radius 1 is 0.812 bits per heavy atom. The van der Waals surface area contributed by atoms with E-state index in [0.717, 1.165) is 5.56 Å². The van der Waals surface area contributed by atoms with Crippen LogP contribution in [0.5, 0.6) is 0 Å². The summed E-state index contributed by atoms with van der Waals surface area (Å²) in [5.41, 5.74) is 6.95. The maximum Gasteiger partial charge on any atom is 0.281 e. The molecule has 0 aliphatic carbocycles. The lowest BCUT2D eigenvalue weighted by Gasteiger charge is -2.11. The molecule has 1 heterocycles. The minimum atomic E-state index is -0.623. The summed E-state index contributed by atoms with van der Waals surface area (Å²) in [6.07, 6.45) is 0. The molecule has 4 N–H and O–H groups in total. The van der Waals surface area contributed by atoms with Gasteiger partial charge in [0.2, 0.25) is 11.8 Å². The third kappa shape index (κ3) is 5.76. The van der Waals surface area contributed by atoms with Gasteiger partial charge in [-0.2, -0.15) is 0 Å². The highest BCUT2D eigenvalue weighted by atomic mass is 32.1. The van der Waals surface area contributed by atoms with Gasteiger partial charge in [0.1, 0.15) is 9.88 Å². The summed E-state index contributed by atoms with van der Waals surface area (Å²) in [5, 5.41) is 5.83. The van der Waals surface area contributed by atoms with Crippen molar-refractivity contribution in [1.29, 1.82) is 0 Å². The second-order valence-electron chi connectivity index (χ2n) is 6.87. The first-order chi connectivity index (χ1) is 15.2. The molecule has 2 aromatic carbocycles. The third-order valence-corrected chi connectivity index (χ3v) is 5.35. The van der Waals surface area contributed by atoms with Gasteiger partial charge in [0.25, 0.3) is 11.8 Å². The number of amides is 4. The second kappa shape index (κ2) is 9.84. The summed E-state index contributed by atoms with van der Waals surface area (Å²) in [5.74, 6) is -1.79. The molecular weight excluding hydrogens is 430 g/mol. The van der Waals surface area contributed by atoms with Gasteiger partial charge in [0, 0.05) is 36.3 Å². The average molecular weight is 452 g/mol. The van der Waals surface area contributed by atoms with Crippen molar-refractivity contribution < 1.29 is 19.2 Å². The fourth-order valence-electron chi connectivity index (χ4n) is 2.86. The Labute approximate surface area is 188 Å². The molecule has 3 rings (SSSR count). The molecular formula is C22H21N5O4S. The van der Waals surface area contributed by atoms with Crippen LogP contribution >= 0.6 is 11.3 Å². The first-order valence-corrected chi connectivity index (χ1v) is 10.4. The molecule has 0 atom stereocenters. The Bertz CT molecular complexity index is 1160. The number of carbonyl (C=O) groups excluding carboxylic acids is 4. The second-order valence-corrected chi connectivity index (χ2v) is 7.87. The SMILES string of the molecule is CC(=O)Nc1cc(NC(C)=O)cc(C(=O)NNC(=O)c2sc(-c3ccccc3)nc2C)c1. The van der Waals surface area contributed by atoms with Gasteiger partial charge in [-0.1, -0.05) is 30.3 Å². The normalized spacial score (nSPS) is 10.2. The van der Waals surface area contributed by atoms with Gasteiger partial charge in [-0.25, -0.2) is 4.98 Å². The van der Waals surface area contributed by atoms with Crippen molar-refractivity contribution in [3.63, 3.8) is 0 Å². The first-order valence-electron chi connectivity index (χ1n) is 9.56. The number of nitrogens with one attached hydrogen (secondary N) is 4. The summed E-state index contributed by atoms with van der Waals surface area (Å²) in [7, 11) is 0. The molecule has 10 heteroatoms. The molecule has 0 radical (unpaired) electrons. The summed E-state index contributed by atoms with van der Waals surface area (Å²) >= 11 is 1.22. The Hall–Kier alpha value is -4.05. The molecule has 0 saturated carbocycles. The number of thiazole rings is 1. The fraction of sp³-hybridized carbons (Fsp3) is 0.136. The highest BCUT2D eigenvalue weighted by Gasteiger charge is 2.18. The van der Waals surface area contributed by atoms with Gasteiger partial charge >= 0.3 is 0 Å². The zero-order chi connectivity index (χ0) is 23.3. The maximum atomic E-state index is 12.6. The van der Waals surface area contributed by atoms with E-state index in [1.807, 2.05) is 30.3 Å². The molecule has 164 valence electrons. The van der Waals surface area contributed by atoms with Crippen LogP contribution in [0.3, 0.4) is 0 Å². The van der Waals surface area contributed by atoms with Crippen LogP contribution in [-0.2, 0) is 9.59 Å². The predicted molar refractivity (Wildman–Crippen MR) is 122 cm³/mol. The molecule has 9 nitrogen and oxygen atoms in total. The number of hydrogen-bond acceptors (Lipinski definition) is 6. The van der Waals surface area contributed by atoms with E-state index < -0.39 is 11.8 Å². The molecule has 0 fully saturated rings. The summed E-state index contributed by atoms with van der Waals surface area (Å²) in [6.45, 7) is 4.37. The largest absolute Gasteiger partial charge is 0.326 e. The van der Waals surface area contributed by atoms with E-state index in [9.17, 15) is 19.2 Å². The Balaban J connectivity index is 1.74. The highest BCUT2D eigenvalue weighted by molar-refractivity contribution is 7.17. The van der Waals surface area contributed by atoms with E-state index in [1.54, 1.807) is 6.92 Å². The number of aryl methyl sites for hydroxylation is 1. The van der Waals surface area contributed by atoms with E-state index in [1.165, 1.54) is 43.4 Å². The van der Waals surface area contributed by atoms with Crippen molar-refractivity contribution in [1.82, 2.24) is 15.8 Å². The van der Waals surface area contributed by atoms with Crippen LogP contribution in [-0.4, -0.2) is 28.6 Å². The van der Waals surface area contributed by atoms with Crippen molar-refractivity contribution >= 4 is 46.3 Å². The van der Waals surface area contributed by atoms with Crippen LogP contribution in [0.4, 0.5) is 11.4 Å². The lowest BCUT2D eigenvalue weighted by Crippen LogP contribution is -2.41. The Kier molecular flexibility index (Phi) is 6.96. The summed E-state index contributed by atoms with van der Waals surface area (Å²) in [6, 6.07) is 13.8. The minimum absolute atomic E-state index is 0.131. The van der Waals surface area contributed by atoms with Crippen LogP contribution in [0.2, 0.25) is 0 Å². The molecule has 0 bridgehead atoms. The lowest BCUT2D eigenvalue weighted by atomic mass is 10.1. The molecule has 0 aliphatic rings. The van der Waals surface area contributed by atoms with Crippen molar-refractivity contribution in [2.75, 3.05) is 10.6 Å². The predicted octanol–water partition coefficient (Wildman–Crippen LogP) is 3.11. The number of aromatic nitrogens is 1. The van der Waals surface area contributed by atoms with Crippen LogP contribution in [0.25, 0.3) is 10.6 Å². The fourth-order valence-corrected chi connectivity index (χ4v) is 3.83. The molecule has 0 aliphatic heterocycles. The molecule has 1 aromatic heterocycles. The van der Waals surface area contributed by atoms with Crippen molar-refractivity contribution in [3.8, 4) is 10.6 Å². The number of hydrazine groups is 1. The zero-order valence-corrected chi connectivity index (χ0v) is 18.4. The summed E-state index contributed by atoms with van der Waals surface area (Å²) in [4.78, 5) is 52.8. The van der Waals surface area contributed by atoms with Gasteiger partial charge < -0.3 is 10.6 Å². The average Bonchev–Trinajstić information content (AvgIpc) is 3.13. The van der Waals surface area contributed by atoms with Crippen LogP contribution in [0.15, 0.2) is 48.5 Å². The van der Waals surface area contributed by atoms with E-state index >= 15 is 0 Å². The van der Waals surface area contributed by atoms with E-state index in [2.05, 4.69) is 26.5 Å². The number of rotatable bonds is 5. The van der Waals surface area contributed by atoms with Gasteiger partial charge in [0.05, 0.1) is 5.69 Å².